The SMILES string of the molecule is C=Cc1ccccc1-c1cn(-c2ccc(Cc3ccccn3)cc2)c2ccc(CCC(=O)O)cc12. The zero-order valence-electron chi connectivity index (χ0n) is 19.4. The first-order valence-electron chi connectivity index (χ1n) is 11.7. The standard InChI is InChI=1S/C31H26N2O2/c1-2-24-7-3-4-9-27(24)29-21-33(30-16-12-23(20-28(29)30)13-17-31(34)35)26-14-10-22(11-15-26)19-25-8-5-6-18-32-25/h2-12,14-16,18,20-21H,1,13,17,19H2,(H,34,35). The lowest BCUT2D eigenvalue weighted by Gasteiger charge is -2.08. The number of aryl methyl sites for hydroxylation is 1. The number of carbonyl (C=O) groups is 1. The zero-order valence-corrected chi connectivity index (χ0v) is 19.4. The fourth-order valence-corrected chi connectivity index (χ4v) is 4.52. The molecule has 1 N–H and O–H groups in total. The van der Waals surface area contributed by atoms with Gasteiger partial charge in [0.1, 0.15) is 0 Å². The Morgan fingerprint density at radius 3 is 2.43 bits per heavy atom. The van der Waals surface area contributed by atoms with Crippen LogP contribution in [-0.2, 0) is 17.6 Å². The quantitative estimate of drug-likeness (QED) is 0.274. The van der Waals surface area contributed by atoms with Gasteiger partial charge in [-0.05, 0) is 65.1 Å². The second-order valence-corrected chi connectivity index (χ2v) is 8.61. The maximum atomic E-state index is 11.1. The number of hydrogen-bond donors (Lipinski definition) is 1. The van der Waals surface area contributed by atoms with Crippen LogP contribution < -0.4 is 0 Å². The summed E-state index contributed by atoms with van der Waals surface area (Å²) in [6.45, 7) is 4.00. The molecular weight excluding hydrogens is 432 g/mol. The second kappa shape index (κ2) is 9.82. The number of pyridine rings is 1. The van der Waals surface area contributed by atoms with Crippen LogP contribution in [0.1, 0.15) is 28.8 Å². The van der Waals surface area contributed by atoms with Crippen LogP contribution in [0.4, 0.5) is 0 Å². The molecule has 172 valence electrons. The molecule has 4 heteroatoms. The number of nitrogens with zero attached hydrogens (tertiary/aromatic N) is 2. The van der Waals surface area contributed by atoms with Crippen LogP contribution in [0.25, 0.3) is 33.8 Å². The lowest BCUT2D eigenvalue weighted by Crippen LogP contribution is -1.97. The van der Waals surface area contributed by atoms with E-state index < -0.39 is 5.97 Å². The van der Waals surface area contributed by atoms with Crippen molar-refractivity contribution in [2.45, 2.75) is 19.3 Å². The molecule has 0 amide bonds. The number of carboxylic acids is 1. The van der Waals surface area contributed by atoms with Crippen LogP contribution in [0.15, 0.2) is 104 Å². The average molecular weight is 459 g/mol. The van der Waals surface area contributed by atoms with Crippen LogP contribution in [-0.4, -0.2) is 20.6 Å². The van der Waals surface area contributed by atoms with E-state index in [1.165, 1.54) is 5.56 Å². The number of fused-ring (bicyclic) bond motifs is 1. The summed E-state index contributed by atoms with van der Waals surface area (Å²) in [7, 11) is 0. The minimum absolute atomic E-state index is 0.114. The van der Waals surface area contributed by atoms with Crippen molar-refractivity contribution in [2.24, 2.45) is 0 Å². The molecule has 0 radical (unpaired) electrons. The minimum atomic E-state index is -0.786. The topological polar surface area (TPSA) is 55.1 Å². The summed E-state index contributed by atoms with van der Waals surface area (Å²) < 4.78 is 2.20. The predicted octanol–water partition coefficient (Wildman–Crippen LogP) is 6.94. The molecule has 0 fully saturated rings. The van der Waals surface area contributed by atoms with Gasteiger partial charge in [-0.15, -0.1) is 0 Å². The molecule has 4 nitrogen and oxygen atoms in total. The summed E-state index contributed by atoms with van der Waals surface area (Å²) in [6, 6.07) is 29.0. The van der Waals surface area contributed by atoms with Gasteiger partial charge in [-0.25, -0.2) is 0 Å². The highest BCUT2D eigenvalue weighted by Crippen LogP contribution is 2.35. The molecule has 0 unspecified atom stereocenters. The van der Waals surface area contributed by atoms with E-state index in [1.54, 1.807) is 0 Å². The Hall–Kier alpha value is -4.44. The largest absolute Gasteiger partial charge is 0.481 e. The molecule has 0 saturated heterocycles. The maximum absolute atomic E-state index is 11.1. The van der Waals surface area contributed by atoms with E-state index in [2.05, 4.69) is 70.9 Å². The number of benzene rings is 3. The van der Waals surface area contributed by atoms with Gasteiger partial charge in [0.05, 0.1) is 5.52 Å². The van der Waals surface area contributed by atoms with Crippen molar-refractivity contribution in [3.63, 3.8) is 0 Å². The van der Waals surface area contributed by atoms with Crippen LogP contribution >= 0.6 is 0 Å². The summed E-state index contributed by atoms with van der Waals surface area (Å²) in [5.74, 6) is -0.786. The van der Waals surface area contributed by atoms with Gasteiger partial charge in [-0.3, -0.25) is 9.78 Å². The highest BCUT2D eigenvalue weighted by atomic mass is 16.4. The molecule has 5 aromatic rings. The van der Waals surface area contributed by atoms with Gasteiger partial charge in [0.15, 0.2) is 0 Å². The molecular formula is C31H26N2O2. The number of carboxylic acid groups (broad SMARTS) is 1. The number of aliphatic carboxylic acids is 1. The van der Waals surface area contributed by atoms with Gasteiger partial charge in [0.25, 0.3) is 0 Å². The molecule has 2 heterocycles. The average Bonchev–Trinajstić information content (AvgIpc) is 3.27. The summed E-state index contributed by atoms with van der Waals surface area (Å²) in [6.07, 6.45) is 7.27. The Morgan fingerprint density at radius 2 is 1.69 bits per heavy atom. The molecule has 2 aromatic heterocycles. The fourth-order valence-electron chi connectivity index (χ4n) is 4.52. The summed E-state index contributed by atoms with van der Waals surface area (Å²) in [5, 5.41) is 10.2. The second-order valence-electron chi connectivity index (χ2n) is 8.61. The first-order chi connectivity index (χ1) is 17.1. The Balaban J connectivity index is 1.58. The number of hydrogen-bond acceptors (Lipinski definition) is 2. The molecule has 0 spiro atoms. The van der Waals surface area contributed by atoms with Gasteiger partial charge >= 0.3 is 5.97 Å². The first-order valence-corrected chi connectivity index (χ1v) is 11.7. The highest BCUT2D eigenvalue weighted by molar-refractivity contribution is 5.99. The third-order valence-corrected chi connectivity index (χ3v) is 6.29. The Labute approximate surface area is 204 Å². The normalized spacial score (nSPS) is 11.0. The van der Waals surface area contributed by atoms with E-state index in [9.17, 15) is 4.79 Å². The molecule has 0 aliphatic carbocycles. The van der Waals surface area contributed by atoms with Crippen LogP contribution in [0.5, 0.6) is 0 Å². The monoisotopic (exact) mass is 458 g/mol. The first kappa shape index (κ1) is 22.4. The van der Waals surface area contributed by atoms with Crippen LogP contribution in [0.3, 0.4) is 0 Å². The van der Waals surface area contributed by atoms with Crippen molar-refractivity contribution >= 4 is 22.9 Å². The summed E-state index contributed by atoms with van der Waals surface area (Å²) >= 11 is 0. The minimum Gasteiger partial charge on any atom is -0.481 e. The van der Waals surface area contributed by atoms with Crippen LogP contribution in [0.2, 0.25) is 0 Å². The molecule has 3 aromatic carbocycles. The highest BCUT2D eigenvalue weighted by Gasteiger charge is 2.15. The summed E-state index contributed by atoms with van der Waals surface area (Å²) in [5.41, 5.74) is 8.68. The van der Waals surface area contributed by atoms with Crippen molar-refractivity contribution in [1.29, 1.82) is 0 Å². The van der Waals surface area contributed by atoms with Crippen molar-refractivity contribution in [1.82, 2.24) is 9.55 Å². The van der Waals surface area contributed by atoms with E-state index in [4.69, 9.17) is 5.11 Å². The van der Waals surface area contributed by atoms with Gasteiger partial charge in [0.2, 0.25) is 0 Å². The fraction of sp³-hybridized carbons (Fsp3) is 0.0968. The Kier molecular flexibility index (Phi) is 6.27. The lowest BCUT2D eigenvalue weighted by molar-refractivity contribution is -0.136. The third-order valence-electron chi connectivity index (χ3n) is 6.29. The molecule has 0 atom stereocenters. The lowest BCUT2D eigenvalue weighted by atomic mass is 9.97. The van der Waals surface area contributed by atoms with Crippen molar-refractivity contribution in [2.75, 3.05) is 0 Å². The van der Waals surface area contributed by atoms with E-state index in [0.717, 1.165) is 51.0 Å². The smallest absolute Gasteiger partial charge is 0.303 e. The molecule has 0 aliphatic rings. The zero-order chi connectivity index (χ0) is 24.2. The van der Waals surface area contributed by atoms with Crippen LogP contribution in [0, 0.1) is 0 Å². The van der Waals surface area contributed by atoms with Gasteiger partial charge in [-0.2, -0.15) is 0 Å². The van der Waals surface area contributed by atoms with E-state index in [1.807, 2.05) is 48.7 Å². The van der Waals surface area contributed by atoms with Crippen molar-refractivity contribution in [3.8, 4) is 16.8 Å². The molecule has 0 bridgehead atoms. The molecule has 0 aliphatic heterocycles. The number of aromatic nitrogens is 2. The third kappa shape index (κ3) is 4.78. The van der Waals surface area contributed by atoms with Crippen molar-refractivity contribution in [3.05, 3.63) is 126 Å². The Bertz CT molecular complexity index is 1500. The molecule has 0 saturated carbocycles. The molecule has 35 heavy (non-hydrogen) atoms. The van der Waals surface area contributed by atoms with Gasteiger partial charge in [-0.1, -0.05) is 61.2 Å². The maximum Gasteiger partial charge on any atom is 0.303 e. The van der Waals surface area contributed by atoms with E-state index in [-0.39, 0.29) is 6.42 Å². The molecule has 5 rings (SSSR count). The Morgan fingerprint density at radius 1 is 0.914 bits per heavy atom. The number of rotatable bonds is 8. The summed E-state index contributed by atoms with van der Waals surface area (Å²) in [4.78, 5) is 15.6. The predicted molar refractivity (Wildman–Crippen MR) is 142 cm³/mol. The van der Waals surface area contributed by atoms with E-state index >= 15 is 0 Å². The van der Waals surface area contributed by atoms with Gasteiger partial charge in [0, 0.05) is 47.6 Å². The van der Waals surface area contributed by atoms with Crippen molar-refractivity contribution < 1.29 is 9.90 Å². The van der Waals surface area contributed by atoms with E-state index in [0.29, 0.717) is 6.42 Å². The van der Waals surface area contributed by atoms with Gasteiger partial charge < -0.3 is 9.67 Å².